The fourth-order valence-electron chi connectivity index (χ4n) is 1.87. The van der Waals surface area contributed by atoms with Crippen LogP contribution in [0.4, 0.5) is 8.78 Å². The monoisotopic (exact) mass is 284 g/mol. The summed E-state index contributed by atoms with van der Waals surface area (Å²) in [4.78, 5) is 11.9. The Kier molecular flexibility index (Phi) is 5.22. The molecule has 0 saturated heterocycles. The minimum absolute atomic E-state index is 0.160. The Morgan fingerprint density at radius 3 is 2.30 bits per heavy atom. The first-order valence-corrected chi connectivity index (χ1v) is 6.63. The van der Waals surface area contributed by atoms with E-state index in [-0.39, 0.29) is 11.4 Å². The van der Waals surface area contributed by atoms with Gasteiger partial charge in [0.2, 0.25) is 5.91 Å². The number of hydrogen-bond donors (Lipinski definition) is 2. The number of carbonyl (C=O) groups excluding carboxylic acids is 1. The molecular weight excluding hydrogens is 262 g/mol. The summed E-state index contributed by atoms with van der Waals surface area (Å²) in [7, 11) is 0. The topological polar surface area (TPSA) is 41.1 Å². The number of rotatable bonds is 4. The van der Waals surface area contributed by atoms with Crippen LogP contribution in [0.5, 0.6) is 0 Å². The van der Waals surface area contributed by atoms with E-state index in [0.717, 1.165) is 6.07 Å². The standard InChI is InChI=1S/C15H22F2N2O/c1-9(12-7-6-11(16)8-13(12)17)18-10(2)14(20)19-15(3,4)5/h6-10,18H,1-5H3,(H,19,20)/t9-,10-/m1/s1. The van der Waals surface area contributed by atoms with Crippen molar-refractivity contribution in [3.8, 4) is 0 Å². The zero-order valence-electron chi connectivity index (χ0n) is 12.6. The molecule has 0 saturated carbocycles. The summed E-state index contributed by atoms with van der Waals surface area (Å²) in [5.74, 6) is -1.39. The molecule has 2 N–H and O–H groups in total. The van der Waals surface area contributed by atoms with E-state index < -0.39 is 23.7 Å². The van der Waals surface area contributed by atoms with E-state index in [1.54, 1.807) is 13.8 Å². The highest BCUT2D eigenvalue weighted by atomic mass is 19.1. The van der Waals surface area contributed by atoms with Gasteiger partial charge in [0, 0.05) is 23.2 Å². The molecule has 0 spiro atoms. The highest BCUT2D eigenvalue weighted by Gasteiger charge is 2.21. The Hall–Kier alpha value is -1.49. The van der Waals surface area contributed by atoms with Crippen molar-refractivity contribution < 1.29 is 13.6 Å². The van der Waals surface area contributed by atoms with Crippen molar-refractivity contribution in [1.29, 1.82) is 0 Å². The number of hydrogen-bond acceptors (Lipinski definition) is 2. The van der Waals surface area contributed by atoms with Crippen molar-refractivity contribution in [2.75, 3.05) is 0 Å². The quantitative estimate of drug-likeness (QED) is 0.892. The Morgan fingerprint density at radius 2 is 1.80 bits per heavy atom. The molecule has 1 amide bonds. The molecule has 0 aromatic heterocycles. The van der Waals surface area contributed by atoms with Crippen LogP contribution in [0.15, 0.2) is 18.2 Å². The predicted octanol–water partition coefficient (Wildman–Crippen LogP) is 2.92. The molecule has 1 aromatic rings. The molecule has 0 heterocycles. The molecule has 5 heteroatoms. The van der Waals surface area contributed by atoms with E-state index in [9.17, 15) is 13.6 Å². The summed E-state index contributed by atoms with van der Waals surface area (Å²) in [6, 6.07) is 2.56. The Morgan fingerprint density at radius 1 is 1.20 bits per heavy atom. The summed E-state index contributed by atoms with van der Waals surface area (Å²) >= 11 is 0. The highest BCUT2D eigenvalue weighted by molar-refractivity contribution is 5.81. The Balaban J connectivity index is 2.70. The van der Waals surface area contributed by atoms with E-state index in [2.05, 4.69) is 10.6 Å². The van der Waals surface area contributed by atoms with Crippen LogP contribution in [-0.2, 0) is 4.79 Å². The second-order valence-corrected chi connectivity index (χ2v) is 6.02. The van der Waals surface area contributed by atoms with Crippen LogP contribution in [0.25, 0.3) is 0 Å². The largest absolute Gasteiger partial charge is 0.350 e. The third-order valence-corrected chi connectivity index (χ3v) is 2.82. The maximum atomic E-state index is 13.6. The number of halogens is 2. The van der Waals surface area contributed by atoms with Crippen LogP contribution in [0.3, 0.4) is 0 Å². The zero-order chi connectivity index (χ0) is 15.5. The molecule has 0 aliphatic rings. The molecule has 1 rings (SSSR count). The fraction of sp³-hybridized carbons (Fsp3) is 0.533. The first kappa shape index (κ1) is 16.6. The van der Waals surface area contributed by atoms with Crippen molar-refractivity contribution in [2.24, 2.45) is 0 Å². The minimum Gasteiger partial charge on any atom is -0.350 e. The predicted molar refractivity (Wildman–Crippen MR) is 75.3 cm³/mol. The molecule has 112 valence electrons. The smallest absolute Gasteiger partial charge is 0.237 e. The molecule has 0 aliphatic carbocycles. The van der Waals surface area contributed by atoms with E-state index in [4.69, 9.17) is 0 Å². The maximum absolute atomic E-state index is 13.6. The van der Waals surface area contributed by atoms with E-state index in [1.807, 2.05) is 20.8 Å². The lowest BCUT2D eigenvalue weighted by Crippen LogP contribution is -2.50. The lowest BCUT2D eigenvalue weighted by atomic mass is 10.1. The summed E-state index contributed by atoms with van der Waals surface area (Å²) in [5, 5.41) is 5.85. The number of carbonyl (C=O) groups is 1. The van der Waals surface area contributed by atoms with Crippen LogP contribution in [0, 0.1) is 11.6 Å². The van der Waals surface area contributed by atoms with E-state index in [1.165, 1.54) is 12.1 Å². The highest BCUT2D eigenvalue weighted by Crippen LogP contribution is 2.18. The molecule has 3 nitrogen and oxygen atoms in total. The van der Waals surface area contributed by atoms with Gasteiger partial charge in [-0.05, 0) is 40.7 Å². The molecule has 2 atom stereocenters. The van der Waals surface area contributed by atoms with Gasteiger partial charge in [0.15, 0.2) is 0 Å². The Bertz CT molecular complexity index is 483. The van der Waals surface area contributed by atoms with Gasteiger partial charge in [0.25, 0.3) is 0 Å². The average Bonchev–Trinajstić information content (AvgIpc) is 2.26. The molecule has 0 fully saturated rings. The molecule has 1 aromatic carbocycles. The second-order valence-electron chi connectivity index (χ2n) is 6.02. The van der Waals surface area contributed by atoms with Gasteiger partial charge in [-0.3, -0.25) is 10.1 Å². The molecule has 0 radical (unpaired) electrons. The first-order chi connectivity index (χ1) is 9.10. The van der Waals surface area contributed by atoms with E-state index in [0.29, 0.717) is 5.56 Å². The number of benzene rings is 1. The van der Waals surface area contributed by atoms with Gasteiger partial charge in [0.05, 0.1) is 6.04 Å². The first-order valence-electron chi connectivity index (χ1n) is 6.63. The van der Waals surface area contributed by atoms with Gasteiger partial charge in [-0.25, -0.2) is 8.78 Å². The maximum Gasteiger partial charge on any atom is 0.237 e. The van der Waals surface area contributed by atoms with Crippen molar-refractivity contribution in [3.63, 3.8) is 0 Å². The SMILES string of the molecule is C[C@@H](N[C@H](C)c1ccc(F)cc1F)C(=O)NC(C)(C)C. The van der Waals surface area contributed by atoms with Crippen molar-refractivity contribution in [1.82, 2.24) is 10.6 Å². The molecule has 0 aliphatic heterocycles. The molecule has 0 unspecified atom stereocenters. The summed E-state index contributed by atoms with van der Waals surface area (Å²) in [5.41, 5.74) is 0.0130. The third-order valence-electron chi connectivity index (χ3n) is 2.82. The molecular formula is C15H22F2N2O. The van der Waals surface area contributed by atoms with Gasteiger partial charge >= 0.3 is 0 Å². The molecule has 0 bridgehead atoms. The minimum atomic E-state index is -0.617. The van der Waals surface area contributed by atoms with Gasteiger partial charge in [-0.1, -0.05) is 6.07 Å². The van der Waals surface area contributed by atoms with Gasteiger partial charge in [-0.2, -0.15) is 0 Å². The van der Waals surface area contributed by atoms with Crippen LogP contribution >= 0.6 is 0 Å². The van der Waals surface area contributed by atoms with Crippen LogP contribution in [0.1, 0.15) is 46.2 Å². The van der Waals surface area contributed by atoms with Gasteiger partial charge in [-0.15, -0.1) is 0 Å². The normalized spacial score (nSPS) is 14.8. The third kappa shape index (κ3) is 4.89. The van der Waals surface area contributed by atoms with Crippen LogP contribution in [-0.4, -0.2) is 17.5 Å². The lowest BCUT2D eigenvalue weighted by Gasteiger charge is -2.25. The summed E-state index contributed by atoms with van der Waals surface area (Å²) in [6.07, 6.45) is 0. The van der Waals surface area contributed by atoms with E-state index >= 15 is 0 Å². The van der Waals surface area contributed by atoms with Crippen LogP contribution < -0.4 is 10.6 Å². The lowest BCUT2D eigenvalue weighted by molar-refractivity contribution is -0.124. The summed E-state index contributed by atoms with van der Waals surface area (Å²) < 4.78 is 26.5. The second kappa shape index (κ2) is 6.31. The molecule has 20 heavy (non-hydrogen) atoms. The van der Waals surface area contributed by atoms with Crippen molar-refractivity contribution in [3.05, 3.63) is 35.4 Å². The zero-order valence-corrected chi connectivity index (χ0v) is 12.6. The number of nitrogens with one attached hydrogen (secondary N) is 2. The van der Waals surface area contributed by atoms with Gasteiger partial charge < -0.3 is 5.32 Å². The van der Waals surface area contributed by atoms with Crippen LogP contribution in [0.2, 0.25) is 0 Å². The summed E-state index contributed by atoms with van der Waals surface area (Å²) in [6.45, 7) is 9.11. The van der Waals surface area contributed by atoms with Crippen molar-refractivity contribution >= 4 is 5.91 Å². The Labute approximate surface area is 118 Å². The average molecular weight is 284 g/mol. The van der Waals surface area contributed by atoms with Gasteiger partial charge in [0.1, 0.15) is 11.6 Å². The number of amides is 1. The van der Waals surface area contributed by atoms with Crippen molar-refractivity contribution in [2.45, 2.75) is 52.2 Å². The fourth-order valence-corrected chi connectivity index (χ4v) is 1.87.